The zero-order valence-electron chi connectivity index (χ0n) is 16.0. The highest BCUT2D eigenvalue weighted by molar-refractivity contribution is 5.92. The minimum Gasteiger partial charge on any atom is -0.487 e. The molecular formula is C18H17F6N3O4. The minimum atomic E-state index is -4.68. The van der Waals surface area contributed by atoms with Crippen LogP contribution < -0.4 is 10.2 Å². The van der Waals surface area contributed by atoms with Crippen LogP contribution in [0.2, 0.25) is 0 Å². The number of rotatable bonds is 9. The monoisotopic (exact) mass is 453 g/mol. The number of alkyl halides is 6. The van der Waals surface area contributed by atoms with E-state index in [0.717, 1.165) is 6.20 Å². The molecule has 31 heavy (non-hydrogen) atoms. The Hall–Kier alpha value is -3.22. The van der Waals surface area contributed by atoms with E-state index in [9.17, 15) is 31.1 Å². The zero-order valence-corrected chi connectivity index (χ0v) is 16.0. The molecule has 1 amide bonds. The van der Waals surface area contributed by atoms with Crippen LogP contribution in [0.4, 0.5) is 26.3 Å². The van der Waals surface area contributed by atoms with Crippen molar-refractivity contribution in [3.8, 4) is 5.75 Å². The van der Waals surface area contributed by atoms with Crippen LogP contribution in [0.25, 0.3) is 0 Å². The Morgan fingerprint density at radius 1 is 1.16 bits per heavy atom. The van der Waals surface area contributed by atoms with Gasteiger partial charge in [0.05, 0.1) is 24.9 Å². The van der Waals surface area contributed by atoms with E-state index in [1.54, 1.807) is 17.6 Å². The van der Waals surface area contributed by atoms with Gasteiger partial charge in [-0.1, -0.05) is 12.1 Å². The van der Waals surface area contributed by atoms with E-state index in [2.05, 4.69) is 14.7 Å². The molecule has 0 atom stereocenters. The molecule has 2 rings (SSSR count). The molecule has 1 aromatic heterocycles. The van der Waals surface area contributed by atoms with Gasteiger partial charge in [0, 0.05) is 6.20 Å². The van der Waals surface area contributed by atoms with Crippen molar-refractivity contribution in [3.05, 3.63) is 59.8 Å². The van der Waals surface area contributed by atoms with Crippen LogP contribution in [-0.4, -0.2) is 41.3 Å². The second kappa shape index (κ2) is 10.2. The quantitative estimate of drug-likeness (QED) is 0.353. The van der Waals surface area contributed by atoms with Crippen LogP contribution in [0.15, 0.2) is 48.7 Å². The Morgan fingerprint density at radius 2 is 1.84 bits per heavy atom. The lowest BCUT2D eigenvalue weighted by atomic mass is 10.2. The maximum absolute atomic E-state index is 12.7. The molecule has 1 heterocycles. The molecule has 0 saturated carbocycles. The lowest BCUT2D eigenvalue weighted by molar-refractivity contribution is -0.184. The van der Waals surface area contributed by atoms with Crippen LogP contribution in [0.3, 0.4) is 0 Å². The van der Waals surface area contributed by atoms with Crippen LogP contribution in [-0.2, 0) is 16.1 Å². The highest BCUT2D eigenvalue weighted by Gasteiger charge is 2.36. The fourth-order valence-corrected chi connectivity index (χ4v) is 2.13. The molecule has 2 aromatic rings. The Balaban J connectivity index is 1.93. The SMILES string of the molecule is CCO/C(=C\Oc1ccc(Cn2cc(C(=O)NOCC(F)(F)F)cn2)cc1)C(F)(F)F. The summed E-state index contributed by atoms with van der Waals surface area (Å²) in [6, 6.07) is 5.97. The van der Waals surface area contributed by atoms with Crippen molar-refractivity contribution in [2.75, 3.05) is 13.2 Å². The molecule has 0 aliphatic heterocycles. The van der Waals surface area contributed by atoms with Gasteiger partial charge in [-0.25, -0.2) is 5.48 Å². The maximum atomic E-state index is 12.7. The summed E-state index contributed by atoms with van der Waals surface area (Å²) in [4.78, 5) is 15.8. The number of carbonyl (C=O) groups is 1. The number of nitrogens with one attached hydrogen (secondary N) is 1. The fraction of sp³-hybridized carbons (Fsp3) is 0.333. The standard InChI is InChI=1S/C18H17F6N3O4/c1-2-29-15(18(22,23)24)10-30-14-5-3-12(4-6-14)8-27-9-13(7-25-27)16(28)26-31-11-17(19,20)21/h3-7,9-10H,2,8,11H2,1H3,(H,26,28)/b15-10-. The van der Waals surface area contributed by atoms with Crippen molar-refractivity contribution in [1.29, 1.82) is 0 Å². The Labute approximate surface area is 172 Å². The number of hydrogen-bond donors (Lipinski definition) is 1. The molecule has 0 radical (unpaired) electrons. The summed E-state index contributed by atoms with van der Waals surface area (Å²) in [5, 5.41) is 3.91. The average Bonchev–Trinajstić information content (AvgIpc) is 3.13. The Kier molecular flexibility index (Phi) is 7.91. The first-order valence-electron chi connectivity index (χ1n) is 8.65. The number of halogens is 6. The van der Waals surface area contributed by atoms with E-state index >= 15 is 0 Å². The number of carbonyl (C=O) groups excluding carboxylic acids is 1. The van der Waals surface area contributed by atoms with Gasteiger partial charge in [0.25, 0.3) is 5.91 Å². The highest BCUT2D eigenvalue weighted by Crippen LogP contribution is 2.27. The molecule has 0 spiro atoms. The number of aromatic nitrogens is 2. The number of amides is 1. The molecule has 0 unspecified atom stereocenters. The maximum Gasteiger partial charge on any atom is 0.452 e. The van der Waals surface area contributed by atoms with Gasteiger partial charge in [0.15, 0.2) is 6.61 Å². The van der Waals surface area contributed by atoms with Crippen molar-refractivity contribution in [1.82, 2.24) is 15.3 Å². The number of allylic oxidation sites excluding steroid dienone is 1. The fourth-order valence-electron chi connectivity index (χ4n) is 2.13. The van der Waals surface area contributed by atoms with E-state index in [-0.39, 0.29) is 24.5 Å². The van der Waals surface area contributed by atoms with Gasteiger partial charge >= 0.3 is 12.4 Å². The Morgan fingerprint density at radius 3 is 2.42 bits per heavy atom. The van der Waals surface area contributed by atoms with Crippen LogP contribution in [0.5, 0.6) is 5.75 Å². The Bertz CT molecular complexity index is 891. The molecule has 0 fully saturated rings. The van der Waals surface area contributed by atoms with Gasteiger partial charge < -0.3 is 9.47 Å². The number of ether oxygens (including phenoxy) is 2. The summed E-state index contributed by atoms with van der Waals surface area (Å²) < 4.78 is 85.0. The van der Waals surface area contributed by atoms with Crippen molar-refractivity contribution >= 4 is 5.91 Å². The molecule has 7 nitrogen and oxygen atoms in total. The van der Waals surface area contributed by atoms with Crippen LogP contribution in [0, 0.1) is 0 Å². The normalized spacial score (nSPS) is 12.5. The van der Waals surface area contributed by atoms with E-state index in [1.807, 2.05) is 0 Å². The third-order valence-corrected chi connectivity index (χ3v) is 3.45. The van der Waals surface area contributed by atoms with Crippen molar-refractivity contribution in [2.45, 2.75) is 25.8 Å². The number of hydrogen-bond acceptors (Lipinski definition) is 5. The predicted molar refractivity (Wildman–Crippen MR) is 93.6 cm³/mol. The van der Waals surface area contributed by atoms with Crippen molar-refractivity contribution in [3.63, 3.8) is 0 Å². The number of nitrogens with zero attached hydrogens (tertiary/aromatic N) is 2. The zero-order chi connectivity index (χ0) is 23.1. The summed E-state index contributed by atoms with van der Waals surface area (Å²) in [7, 11) is 0. The number of benzene rings is 1. The second-order valence-corrected chi connectivity index (χ2v) is 5.94. The van der Waals surface area contributed by atoms with Gasteiger partial charge in [0.1, 0.15) is 12.0 Å². The predicted octanol–water partition coefficient (Wildman–Crippen LogP) is 3.97. The van der Waals surface area contributed by atoms with Crippen molar-refractivity contribution in [2.24, 2.45) is 0 Å². The molecule has 1 N–H and O–H groups in total. The van der Waals surface area contributed by atoms with E-state index < -0.39 is 30.6 Å². The lowest BCUT2D eigenvalue weighted by Gasteiger charge is -2.12. The molecule has 0 aliphatic rings. The summed E-state index contributed by atoms with van der Waals surface area (Å²) in [6.07, 6.45) is -6.37. The largest absolute Gasteiger partial charge is 0.487 e. The molecule has 1 aromatic carbocycles. The lowest BCUT2D eigenvalue weighted by Crippen LogP contribution is -2.29. The average molecular weight is 453 g/mol. The second-order valence-electron chi connectivity index (χ2n) is 5.94. The summed E-state index contributed by atoms with van der Waals surface area (Å²) in [5.41, 5.74) is 2.30. The molecule has 0 bridgehead atoms. The summed E-state index contributed by atoms with van der Waals surface area (Å²) in [5.74, 6) is -2.03. The topological polar surface area (TPSA) is 74.6 Å². The summed E-state index contributed by atoms with van der Waals surface area (Å²) in [6.45, 7) is -0.217. The third-order valence-electron chi connectivity index (χ3n) is 3.45. The van der Waals surface area contributed by atoms with E-state index in [0.29, 0.717) is 11.8 Å². The van der Waals surface area contributed by atoms with Crippen LogP contribution in [0.1, 0.15) is 22.8 Å². The number of hydroxylamine groups is 1. The van der Waals surface area contributed by atoms with Gasteiger partial charge in [-0.2, -0.15) is 31.4 Å². The summed E-state index contributed by atoms with van der Waals surface area (Å²) >= 11 is 0. The van der Waals surface area contributed by atoms with Gasteiger partial charge in [-0.3, -0.25) is 14.3 Å². The molecular weight excluding hydrogens is 436 g/mol. The first-order valence-corrected chi connectivity index (χ1v) is 8.65. The first kappa shape index (κ1) is 24.1. The van der Waals surface area contributed by atoms with E-state index in [1.165, 1.54) is 29.9 Å². The van der Waals surface area contributed by atoms with Crippen molar-refractivity contribution < 1.29 is 45.4 Å². The third kappa shape index (κ3) is 8.20. The van der Waals surface area contributed by atoms with Gasteiger partial charge in [0.2, 0.25) is 5.76 Å². The van der Waals surface area contributed by atoms with E-state index in [4.69, 9.17) is 4.74 Å². The molecule has 0 aliphatic carbocycles. The smallest absolute Gasteiger partial charge is 0.452 e. The first-order chi connectivity index (χ1) is 14.5. The highest BCUT2D eigenvalue weighted by atomic mass is 19.4. The van der Waals surface area contributed by atoms with Crippen LogP contribution >= 0.6 is 0 Å². The molecule has 170 valence electrons. The molecule has 13 heteroatoms. The minimum absolute atomic E-state index is 0.0251. The molecule has 0 saturated heterocycles. The van der Waals surface area contributed by atoms with Gasteiger partial charge in [-0.05, 0) is 24.6 Å². The van der Waals surface area contributed by atoms with Gasteiger partial charge in [-0.15, -0.1) is 0 Å².